The van der Waals surface area contributed by atoms with Crippen molar-refractivity contribution in [1.29, 1.82) is 0 Å². The average Bonchev–Trinajstić information content (AvgIpc) is 2.77. The van der Waals surface area contributed by atoms with Gasteiger partial charge in [-0.1, -0.05) is 6.07 Å². The van der Waals surface area contributed by atoms with Crippen molar-refractivity contribution in [3.05, 3.63) is 44.3 Å². The lowest BCUT2D eigenvalue weighted by molar-refractivity contribution is 0.281. The number of nitrogens with zero attached hydrogens (tertiary/aromatic N) is 1. The van der Waals surface area contributed by atoms with Gasteiger partial charge in [-0.2, -0.15) is 0 Å². The van der Waals surface area contributed by atoms with Gasteiger partial charge < -0.3 is 9.84 Å². The molecule has 0 saturated heterocycles. The average molecular weight is 328 g/mol. The van der Waals surface area contributed by atoms with E-state index in [1.165, 1.54) is 4.88 Å². The quantitative estimate of drug-likeness (QED) is 0.915. The molecular weight excluding hydrogens is 314 g/mol. The molecular formula is C13H14BrNO2S. The van der Waals surface area contributed by atoms with Crippen LogP contribution in [-0.4, -0.2) is 16.7 Å². The van der Waals surface area contributed by atoms with Crippen molar-refractivity contribution in [3.63, 3.8) is 0 Å². The smallest absolute Gasteiger partial charge is 0.133 e. The van der Waals surface area contributed by atoms with Crippen molar-refractivity contribution in [2.75, 3.05) is 6.61 Å². The van der Waals surface area contributed by atoms with Crippen LogP contribution in [-0.2, 0) is 13.0 Å². The van der Waals surface area contributed by atoms with Crippen LogP contribution in [0.3, 0.4) is 0 Å². The van der Waals surface area contributed by atoms with Gasteiger partial charge in [0.2, 0.25) is 0 Å². The van der Waals surface area contributed by atoms with E-state index in [0.29, 0.717) is 6.61 Å². The molecule has 2 aromatic rings. The van der Waals surface area contributed by atoms with Crippen molar-refractivity contribution >= 4 is 27.3 Å². The molecule has 0 spiro atoms. The van der Waals surface area contributed by atoms with Crippen LogP contribution < -0.4 is 4.74 Å². The van der Waals surface area contributed by atoms with Gasteiger partial charge in [-0.05, 0) is 40.5 Å². The third-order valence-electron chi connectivity index (χ3n) is 2.61. The second-order valence-electron chi connectivity index (χ2n) is 3.88. The molecule has 1 N–H and O–H groups in total. The van der Waals surface area contributed by atoms with Gasteiger partial charge in [-0.25, -0.2) is 4.98 Å². The summed E-state index contributed by atoms with van der Waals surface area (Å²) in [5.41, 5.74) is 3.81. The fourth-order valence-corrected chi connectivity index (χ4v) is 2.88. The van der Waals surface area contributed by atoms with Crippen LogP contribution >= 0.6 is 27.3 Å². The van der Waals surface area contributed by atoms with E-state index < -0.39 is 0 Å². The number of hydrogen-bond acceptors (Lipinski definition) is 4. The molecule has 5 heteroatoms. The number of aromatic nitrogens is 1. The monoisotopic (exact) mass is 327 g/mol. The molecule has 0 aliphatic carbocycles. The zero-order chi connectivity index (χ0) is 13.0. The highest BCUT2D eigenvalue weighted by Gasteiger charge is 2.04. The molecule has 0 radical (unpaired) electrons. The Kier molecular flexibility index (Phi) is 4.74. The summed E-state index contributed by atoms with van der Waals surface area (Å²) >= 11 is 5.09. The van der Waals surface area contributed by atoms with Crippen molar-refractivity contribution in [3.8, 4) is 5.75 Å². The van der Waals surface area contributed by atoms with E-state index >= 15 is 0 Å². The fraction of sp³-hybridized carbons (Fsp3) is 0.308. The maximum atomic E-state index is 9.02. The van der Waals surface area contributed by atoms with E-state index in [1.807, 2.05) is 30.6 Å². The Morgan fingerprint density at radius 1 is 1.44 bits per heavy atom. The second kappa shape index (κ2) is 6.31. The minimum absolute atomic E-state index is 0.0406. The highest BCUT2D eigenvalue weighted by Crippen LogP contribution is 2.26. The minimum Gasteiger partial charge on any atom is -0.492 e. The van der Waals surface area contributed by atoms with Gasteiger partial charge in [0.25, 0.3) is 0 Å². The van der Waals surface area contributed by atoms with Crippen molar-refractivity contribution in [1.82, 2.24) is 4.98 Å². The molecule has 0 bridgehead atoms. The van der Waals surface area contributed by atoms with Gasteiger partial charge in [-0.15, -0.1) is 11.3 Å². The summed E-state index contributed by atoms with van der Waals surface area (Å²) in [4.78, 5) is 5.47. The maximum absolute atomic E-state index is 9.02. The van der Waals surface area contributed by atoms with Crippen molar-refractivity contribution in [2.45, 2.75) is 20.0 Å². The van der Waals surface area contributed by atoms with E-state index in [-0.39, 0.29) is 6.61 Å². The van der Waals surface area contributed by atoms with E-state index in [9.17, 15) is 0 Å². The first-order valence-electron chi connectivity index (χ1n) is 5.61. The van der Waals surface area contributed by atoms with Gasteiger partial charge in [0.05, 0.1) is 28.9 Å². The molecule has 0 atom stereocenters. The molecule has 0 amide bonds. The van der Waals surface area contributed by atoms with Gasteiger partial charge in [0.15, 0.2) is 0 Å². The summed E-state index contributed by atoms with van der Waals surface area (Å²) in [5.74, 6) is 0.800. The lowest BCUT2D eigenvalue weighted by atomic mass is 10.2. The third kappa shape index (κ3) is 3.31. The predicted octanol–water partition coefficient (Wildman–Crippen LogP) is 3.33. The molecule has 3 nitrogen and oxygen atoms in total. The number of rotatable bonds is 5. The number of hydrogen-bond donors (Lipinski definition) is 1. The Morgan fingerprint density at radius 2 is 2.28 bits per heavy atom. The van der Waals surface area contributed by atoms with E-state index in [2.05, 4.69) is 20.9 Å². The van der Waals surface area contributed by atoms with Crippen molar-refractivity contribution in [2.24, 2.45) is 0 Å². The molecule has 1 aromatic carbocycles. The standard InChI is InChI=1S/C13H14BrNO2S/c1-9-13(18-8-15-9)4-5-17-12-3-2-10(7-16)6-11(12)14/h2-3,6,8,16H,4-5,7H2,1H3. The van der Waals surface area contributed by atoms with Gasteiger partial charge in [-0.3, -0.25) is 0 Å². The maximum Gasteiger partial charge on any atom is 0.133 e. The molecule has 0 saturated carbocycles. The molecule has 96 valence electrons. The molecule has 1 heterocycles. The number of aliphatic hydroxyl groups is 1. The van der Waals surface area contributed by atoms with Crippen LogP contribution in [0, 0.1) is 6.92 Å². The number of aryl methyl sites for hydroxylation is 1. The van der Waals surface area contributed by atoms with E-state index in [4.69, 9.17) is 9.84 Å². The van der Waals surface area contributed by atoms with Gasteiger partial charge in [0.1, 0.15) is 5.75 Å². The number of aliphatic hydroxyl groups excluding tert-OH is 1. The van der Waals surface area contributed by atoms with E-state index in [1.54, 1.807) is 11.3 Å². The van der Waals surface area contributed by atoms with E-state index in [0.717, 1.165) is 27.9 Å². The molecule has 0 aliphatic heterocycles. The van der Waals surface area contributed by atoms with Crippen molar-refractivity contribution < 1.29 is 9.84 Å². The summed E-state index contributed by atoms with van der Waals surface area (Å²) in [6.07, 6.45) is 0.866. The largest absolute Gasteiger partial charge is 0.492 e. The molecule has 18 heavy (non-hydrogen) atoms. The number of benzene rings is 1. The van der Waals surface area contributed by atoms with Crippen LogP contribution in [0.25, 0.3) is 0 Å². The first-order valence-corrected chi connectivity index (χ1v) is 7.29. The summed E-state index contributed by atoms with van der Waals surface area (Å²) in [5, 5.41) is 9.02. The Bertz CT molecular complexity index is 527. The van der Waals surface area contributed by atoms with Gasteiger partial charge >= 0.3 is 0 Å². The minimum atomic E-state index is 0.0406. The Balaban J connectivity index is 1.92. The summed E-state index contributed by atoms with van der Waals surface area (Å²) in [6.45, 7) is 2.68. The topological polar surface area (TPSA) is 42.4 Å². The first kappa shape index (κ1) is 13.5. The van der Waals surface area contributed by atoms with Gasteiger partial charge in [0, 0.05) is 11.3 Å². The molecule has 0 aliphatic rings. The molecule has 2 rings (SSSR count). The Morgan fingerprint density at radius 3 is 2.89 bits per heavy atom. The number of ether oxygens (including phenoxy) is 1. The normalized spacial score (nSPS) is 10.6. The third-order valence-corrected chi connectivity index (χ3v) is 4.22. The SMILES string of the molecule is Cc1ncsc1CCOc1ccc(CO)cc1Br. The predicted molar refractivity (Wildman–Crippen MR) is 76.1 cm³/mol. The Labute approximate surface area is 119 Å². The zero-order valence-corrected chi connectivity index (χ0v) is 12.4. The number of thiazole rings is 1. The Hall–Kier alpha value is -0.910. The highest BCUT2D eigenvalue weighted by atomic mass is 79.9. The van der Waals surface area contributed by atoms with Crippen LogP contribution in [0.1, 0.15) is 16.1 Å². The van der Waals surface area contributed by atoms with Crippen LogP contribution in [0.15, 0.2) is 28.2 Å². The van der Waals surface area contributed by atoms with Crippen LogP contribution in [0.4, 0.5) is 0 Å². The lowest BCUT2D eigenvalue weighted by Gasteiger charge is -2.08. The molecule has 0 fully saturated rings. The number of halogens is 1. The van der Waals surface area contributed by atoms with Crippen LogP contribution in [0.5, 0.6) is 5.75 Å². The zero-order valence-electron chi connectivity index (χ0n) is 10.0. The summed E-state index contributed by atoms with van der Waals surface area (Å²) in [7, 11) is 0. The first-order chi connectivity index (χ1) is 8.70. The summed E-state index contributed by atoms with van der Waals surface area (Å²) < 4.78 is 6.59. The fourth-order valence-electron chi connectivity index (χ4n) is 1.58. The highest BCUT2D eigenvalue weighted by molar-refractivity contribution is 9.10. The second-order valence-corrected chi connectivity index (χ2v) is 5.68. The summed E-state index contributed by atoms with van der Waals surface area (Å²) in [6, 6.07) is 5.60. The molecule has 1 aromatic heterocycles. The lowest BCUT2D eigenvalue weighted by Crippen LogP contribution is -2.02. The van der Waals surface area contributed by atoms with Crippen LogP contribution in [0.2, 0.25) is 0 Å². The molecule has 0 unspecified atom stereocenters.